The highest BCUT2D eigenvalue weighted by atomic mass is 16.3. The molecule has 4 aliphatic carbocycles. The molecule has 0 aromatic carbocycles. The molecule has 3 saturated carbocycles. The molecule has 0 bridgehead atoms. The van der Waals surface area contributed by atoms with Gasteiger partial charge in [0.15, 0.2) is 0 Å². The minimum atomic E-state index is -0.138. The van der Waals surface area contributed by atoms with E-state index in [1.807, 2.05) is 0 Å². The highest BCUT2D eigenvalue weighted by Crippen LogP contribution is 2.67. The second-order valence-electron chi connectivity index (χ2n) is 12.6. The van der Waals surface area contributed by atoms with Crippen molar-refractivity contribution >= 4 is 0 Å². The fourth-order valence-corrected chi connectivity index (χ4v) is 9.36. The van der Waals surface area contributed by atoms with E-state index in [2.05, 4.69) is 39.1 Å². The molecule has 3 nitrogen and oxygen atoms in total. The van der Waals surface area contributed by atoms with Crippen LogP contribution in [0.15, 0.2) is 11.6 Å². The monoisotopic (exact) mass is 415 g/mol. The highest BCUT2D eigenvalue weighted by Gasteiger charge is 2.62. The van der Waals surface area contributed by atoms with Gasteiger partial charge in [0.1, 0.15) is 0 Å². The number of piperidine rings is 1. The number of hydrogen-bond donors (Lipinski definition) is 3. The third-order valence-corrected chi connectivity index (χ3v) is 11.1. The lowest BCUT2D eigenvalue weighted by Crippen LogP contribution is -2.53. The van der Waals surface area contributed by atoms with Gasteiger partial charge in [0, 0.05) is 6.04 Å². The van der Waals surface area contributed by atoms with Crippen LogP contribution in [-0.4, -0.2) is 35.0 Å². The lowest BCUT2D eigenvalue weighted by molar-refractivity contribution is -0.0655. The standard InChI is InChI=1S/C27H45NO2/c1-16-5-8-23(28-15-16)17(2)25-24(30)14-22-20-7-6-18-13-19(29)9-11-26(18,3)21(20)10-12-27(22,25)4/h6,16-17,19-25,28-30H,5,7-15H2,1-4H3/t16-,17?,19+,20-,21+,22+,23-,24-,25?,26+,27+/m1/s1. The summed E-state index contributed by atoms with van der Waals surface area (Å²) in [5.74, 6) is 3.90. The van der Waals surface area contributed by atoms with Gasteiger partial charge in [-0.3, -0.25) is 0 Å². The van der Waals surface area contributed by atoms with Crippen LogP contribution in [0.5, 0.6) is 0 Å². The number of aliphatic hydroxyl groups is 2. The molecule has 0 spiro atoms. The van der Waals surface area contributed by atoms with E-state index >= 15 is 0 Å². The van der Waals surface area contributed by atoms with Crippen LogP contribution in [0.25, 0.3) is 0 Å². The average molecular weight is 416 g/mol. The number of hydrogen-bond acceptors (Lipinski definition) is 3. The Morgan fingerprint density at radius 3 is 2.60 bits per heavy atom. The van der Waals surface area contributed by atoms with Crippen LogP contribution in [0.3, 0.4) is 0 Å². The molecule has 0 amide bonds. The molecule has 30 heavy (non-hydrogen) atoms. The maximum Gasteiger partial charge on any atom is 0.0579 e. The Kier molecular flexibility index (Phi) is 5.43. The SMILES string of the molecule is CC(C1[C@H](O)C[C@H]2[C@@H]3CC=C4C[C@@H](O)CC[C@]4(C)[C@H]3CC[C@]12C)[C@H]1CC[C@@H](C)CN1. The smallest absolute Gasteiger partial charge is 0.0579 e. The fourth-order valence-electron chi connectivity index (χ4n) is 9.36. The lowest BCUT2D eigenvalue weighted by atomic mass is 9.47. The first kappa shape index (κ1) is 21.5. The largest absolute Gasteiger partial charge is 0.393 e. The van der Waals surface area contributed by atoms with Gasteiger partial charge in [-0.15, -0.1) is 0 Å². The number of fused-ring (bicyclic) bond motifs is 5. The number of aliphatic hydroxyl groups excluding tert-OH is 2. The first-order valence-corrected chi connectivity index (χ1v) is 13.0. The van der Waals surface area contributed by atoms with E-state index in [0.29, 0.717) is 29.2 Å². The summed E-state index contributed by atoms with van der Waals surface area (Å²) in [6.07, 6.45) is 12.6. The Morgan fingerprint density at radius 1 is 1.07 bits per heavy atom. The van der Waals surface area contributed by atoms with Crippen molar-refractivity contribution in [2.45, 2.75) is 104 Å². The molecule has 3 N–H and O–H groups in total. The third-order valence-electron chi connectivity index (χ3n) is 11.1. The Labute approximate surface area is 184 Å². The Balaban J connectivity index is 1.39. The average Bonchev–Trinajstić information content (AvgIpc) is 2.98. The first-order chi connectivity index (χ1) is 14.2. The highest BCUT2D eigenvalue weighted by molar-refractivity contribution is 5.25. The zero-order valence-electron chi connectivity index (χ0n) is 19.7. The van der Waals surface area contributed by atoms with Crippen LogP contribution in [0, 0.1) is 46.3 Å². The van der Waals surface area contributed by atoms with E-state index in [1.165, 1.54) is 32.1 Å². The van der Waals surface area contributed by atoms with Gasteiger partial charge in [-0.05, 0) is 111 Å². The third kappa shape index (κ3) is 3.17. The van der Waals surface area contributed by atoms with Gasteiger partial charge in [-0.2, -0.15) is 0 Å². The van der Waals surface area contributed by atoms with E-state index in [9.17, 15) is 10.2 Å². The van der Waals surface area contributed by atoms with Crippen LogP contribution in [0.1, 0.15) is 85.5 Å². The summed E-state index contributed by atoms with van der Waals surface area (Å²) < 4.78 is 0. The second-order valence-corrected chi connectivity index (χ2v) is 12.6. The van der Waals surface area contributed by atoms with Crippen molar-refractivity contribution in [1.82, 2.24) is 5.32 Å². The van der Waals surface area contributed by atoms with Gasteiger partial charge in [-0.1, -0.05) is 39.3 Å². The summed E-state index contributed by atoms with van der Waals surface area (Å²) in [6.45, 7) is 11.0. The number of rotatable bonds is 2. The zero-order valence-corrected chi connectivity index (χ0v) is 19.7. The summed E-state index contributed by atoms with van der Waals surface area (Å²) in [4.78, 5) is 0. The maximum atomic E-state index is 11.4. The molecule has 4 fully saturated rings. The van der Waals surface area contributed by atoms with Gasteiger partial charge in [0.05, 0.1) is 12.2 Å². The summed E-state index contributed by atoms with van der Waals surface area (Å²) in [5.41, 5.74) is 2.12. The molecule has 5 aliphatic rings. The first-order valence-electron chi connectivity index (χ1n) is 13.0. The maximum absolute atomic E-state index is 11.4. The quantitative estimate of drug-likeness (QED) is 0.561. The van der Waals surface area contributed by atoms with Crippen molar-refractivity contribution in [3.8, 4) is 0 Å². The molecule has 0 aromatic heterocycles. The molecule has 1 heterocycles. The van der Waals surface area contributed by atoms with Crippen molar-refractivity contribution in [3.63, 3.8) is 0 Å². The lowest BCUT2D eigenvalue weighted by Gasteiger charge is -2.58. The summed E-state index contributed by atoms with van der Waals surface area (Å²) in [6, 6.07) is 0.573. The number of nitrogens with one attached hydrogen (secondary N) is 1. The minimum absolute atomic E-state index is 0.126. The topological polar surface area (TPSA) is 52.5 Å². The van der Waals surface area contributed by atoms with Crippen molar-refractivity contribution in [2.24, 2.45) is 46.3 Å². The molecular formula is C27H45NO2. The molecule has 0 aromatic rings. The normalized spacial score (nSPS) is 54.5. The van der Waals surface area contributed by atoms with Gasteiger partial charge >= 0.3 is 0 Å². The van der Waals surface area contributed by atoms with Crippen molar-refractivity contribution < 1.29 is 10.2 Å². The Morgan fingerprint density at radius 2 is 1.87 bits per heavy atom. The van der Waals surface area contributed by atoms with Gasteiger partial charge in [0.2, 0.25) is 0 Å². The number of allylic oxidation sites excluding steroid dienone is 1. The van der Waals surface area contributed by atoms with Crippen LogP contribution in [0.2, 0.25) is 0 Å². The van der Waals surface area contributed by atoms with Crippen LogP contribution < -0.4 is 5.32 Å². The predicted molar refractivity (Wildman–Crippen MR) is 122 cm³/mol. The van der Waals surface area contributed by atoms with Crippen molar-refractivity contribution in [3.05, 3.63) is 11.6 Å². The van der Waals surface area contributed by atoms with E-state index in [-0.39, 0.29) is 17.6 Å². The van der Waals surface area contributed by atoms with E-state index < -0.39 is 0 Å². The molecule has 3 heteroatoms. The molecule has 1 aliphatic heterocycles. The summed E-state index contributed by atoms with van der Waals surface area (Å²) in [7, 11) is 0. The predicted octanol–water partition coefficient (Wildman–Crippen LogP) is 4.92. The second kappa shape index (κ2) is 7.59. The van der Waals surface area contributed by atoms with E-state index in [0.717, 1.165) is 50.0 Å². The summed E-state index contributed by atoms with van der Waals surface area (Å²) in [5, 5.41) is 25.5. The van der Waals surface area contributed by atoms with Crippen LogP contribution >= 0.6 is 0 Å². The zero-order chi connectivity index (χ0) is 21.3. The summed E-state index contributed by atoms with van der Waals surface area (Å²) >= 11 is 0. The molecular weight excluding hydrogens is 370 g/mol. The van der Waals surface area contributed by atoms with Gasteiger partial charge < -0.3 is 15.5 Å². The van der Waals surface area contributed by atoms with Gasteiger partial charge in [0.25, 0.3) is 0 Å². The van der Waals surface area contributed by atoms with Crippen molar-refractivity contribution in [2.75, 3.05) is 6.54 Å². The molecule has 1 saturated heterocycles. The Bertz CT molecular complexity index is 682. The van der Waals surface area contributed by atoms with Crippen LogP contribution in [-0.2, 0) is 0 Å². The van der Waals surface area contributed by atoms with Gasteiger partial charge in [-0.25, -0.2) is 0 Å². The molecule has 170 valence electrons. The van der Waals surface area contributed by atoms with Crippen LogP contribution in [0.4, 0.5) is 0 Å². The minimum Gasteiger partial charge on any atom is -0.393 e. The fraction of sp³-hybridized carbons (Fsp3) is 0.926. The Hall–Kier alpha value is -0.380. The van der Waals surface area contributed by atoms with E-state index in [4.69, 9.17) is 0 Å². The van der Waals surface area contributed by atoms with E-state index in [1.54, 1.807) is 5.57 Å². The molecule has 2 unspecified atom stereocenters. The van der Waals surface area contributed by atoms with Crippen molar-refractivity contribution in [1.29, 1.82) is 0 Å². The molecule has 11 atom stereocenters. The molecule has 0 radical (unpaired) electrons. The molecule has 5 rings (SSSR count).